The number of hydrogen-bond donors (Lipinski definition) is 1. The maximum Gasteiger partial charge on any atom is 0.225 e. The Hall–Kier alpha value is -2.04. The number of amides is 1. The Kier molecular flexibility index (Phi) is 4.27. The van der Waals surface area contributed by atoms with Crippen LogP contribution < -0.4 is 5.32 Å². The summed E-state index contributed by atoms with van der Waals surface area (Å²) in [6, 6.07) is 7.96. The normalized spacial score (nSPS) is 17.0. The van der Waals surface area contributed by atoms with Crippen molar-refractivity contribution in [3.8, 4) is 0 Å². The van der Waals surface area contributed by atoms with Gasteiger partial charge in [0, 0.05) is 46.2 Å². The second-order valence-corrected chi connectivity index (χ2v) is 5.47. The first-order chi connectivity index (χ1) is 9.49. The summed E-state index contributed by atoms with van der Waals surface area (Å²) < 4.78 is 0. The Morgan fingerprint density at radius 2 is 1.90 bits per heavy atom. The molecule has 20 heavy (non-hydrogen) atoms. The summed E-state index contributed by atoms with van der Waals surface area (Å²) >= 11 is 0. The fraction of sp³-hybridized carbons (Fsp3) is 0.467. The molecule has 1 heterocycles. The molecule has 1 aliphatic rings. The average Bonchev–Trinajstić information content (AvgIpc) is 2.37. The van der Waals surface area contributed by atoms with E-state index >= 15 is 0 Å². The zero-order valence-electron chi connectivity index (χ0n) is 12.6. The second kappa shape index (κ2) is 5.94. The van der Waals surface area contributed by atoms with Crippen molar-refractivity contribution in [1.29, 1.82) is 0 Å². The Balaban J connectivity index is 2.22. The molecule has 0 radical (unpaired) electrons. The number of guanidine groups is 1. The van der Waals surface area contributed by atoms with Gasteiger partial charge in [-0.3, -0.25) is 9.79 Å². The number of rotatable bonds is 2. The van der Waals surface area contributed by atoms with Gasteiger partial charge in [-0.1, -0.05) is 18.2 Å². The molecule has 5 nitrogen and oxygen atoms in total. The minimum atomic E-state index is 0.0696. The van der Waals surface area contributed by atoms with Crippen LogP contribution in [0.1, 0.15) is 17.9 Å². The highest BCUT2D eigenvalue weighted by molar-refractivity contribution is 5.94. The lowest BCUT2D eigenvalue weighted by Gasteiger charge is -2.26. The minimum absolute atomic E-state index is 0.0696. The molecule has 0 saturated carbocycles. The third-order valence-electron chi connectivity index (χ3n) is 3.36. The van der Waals surface area contributed by atoms with E-state index in [2.05, 4.69) is 16.4 Å². The van der Waals surface area contributed by atoms with E-state index in [9.17, 15) is 4.79 Å². The first-order valence-electron chi connectivity index (χ1n) is 6.77. The summed E-state index contributed by atoms with van der Waals surface area (Å²) in [5.41, 5.74) is 2.09. The molecule has 108 valence electrons. The van der Waals surface area contributed by atoms with E-state index in [4.69, 9.17) is 0 Å². The lowest BCUT2D eigenvalue weighted by atomic mass is 9.91. The van der Waals surface area contributed by atoms with E-state index in [0.717, 1.165) is 11.6 Å². The Morgan fingerprint density at radius 1 is 1.25 bits per heavy atom. The molecule has 1 atom stereocenters. The SMILES string of the molecule is CN(C)C(=NC[C@H]1CC(=O)Nc2ccccc21)N(C)C. The molecule has 0 spiro atoms. The molecule has 1 amide bonds. The fourth-order valence-corrected chi connectivity index (χ4v) is 2.54. The summed E-state index contributed by atoms with van der Waals surface area (Å²) in [7, 11) is 7.89. The average molecular weight is 274 g/mol. The van der Waals surface area contributed by atoms with Crippen LogP contribution in [0.4, 0.5) is 5.69 Å². The van der Waals surface area contributed by atoms with Crippen LogP contribution >= 0.6 is 0 Å². The Bertz CT molecular complexity index is 512. The summed E-state index contributed by atoms with van der Waals surface area (Å²) in [5, 5.41) is 2.91. The van der Waals surface area contributed by atoms with Gasteiger partial charge in [0.15, 0.2) is 5.96 Å². The van der Waals surface area contributed by atoms with E-state index in [0.29, 0.717) is 13.0 Å². The molecule has 0 saturated heterocycles. The number of fused-ring (bicyclic) bond motifs is 1. The van der Waals surface area contributed by atoms with Crippen molar-refractivity contribution in [2.45, 2.75) is 12.3 Å². The number of benzene rings is 1. The first-order valence-corrected chi connectivity index (χ1v) is 6.77. The maximum absolute atomic E-state index is 11.8. The van der Waals surface area contributed by atoms with E-state index in [-0.39, 0.29) is 11.8 Å². The Labute approximate surface area is 120 Å². The van der Waals surface area contributed by atoms with Gasteiger partial charge in [-0.15, -0.1) is 0 Å². The molecular weight excluding hydrogens is 252 g/mol. The second-order valence-electron chi connectivity index (χ2n) is 5.47. The number of nitrogens with one attached hydrogen (secondary N) is 1. The minimum Gasteiger partial charge on any atom is -0.349 e. The van der Waals surface area contributed by atoms with Crippen LogP contribution in [0.25, 0.3) is 0 Å². The van der Waals surface area contributed by atoms with E-state index < -0.39 is 0 Å². The number of nitrogens with zero attached hydrogens (tertiary/aromatic N) is 3. The van der Waals surface area contributed by atoms with Gasteiger partial charge >= 0.3 is 0 Å². The standard InChI is InChI=1S/C15H22N4O/c1-18(2)15(19(3)4)16-10-11-9-14(20)17-13-8-6-5-7-12(11)13/h5-8,11H,9-10H2,1-4H3,(H,17,20)/t11-/m1/s1. The molecule has 0 bridgehead atoms. The van der Waals surface area contributed by atoms with Crippen LogP contribution in [0.3, 0.4) is 0 Å². The largest absolute Gasteiger partial charge is 0.349 e. The maximum atomic E-state index is 11.8. The molecule has 1 aliphatic heterocycles. The number of hydrogen-bond acceptors (Lipinski definition) is 2. The summed E-state index contributed by atoms with van der Waals surface area (Å²) in [4.78, 5) is 20.4. The van der Waals surface area contributed by atoms with Crippen LogP contribution in [0, 0.1) is 0 Å². The van der Waals surface area contributed by atoms with Gasteiger partial charge in [0.05, 0.1) is 6.54 Å². The molecule has 0 unspecified atom stereocenters. The number of anilines is 1. The van der Waals surface area contributed by atoms with E-state index in [1.807, 2.05) is 56.2 Å². The third kappa shape index (κ3) is 3.10. The molecule has 1 aromatic rings. The molecule has 0 fully saturated rings. The molecule has 0 aliphatic carbocycles. The van der Waals surface area contributed by atoms with Crippen LogP contribution in [-0.4, -0.2) is 56.4 Å². The van der Waals surface area contributed by atoms with E-state index in [1.165, 1.54) is 5.56 Å². The molecular formula is C15H22N4O. The highest BCUT2D eigenvalue weighted by Crippen LogP contribution is 2.32. The van der Waals surface area contributed by atoms with Crippen molar-refractivity contribution in [2.75, 3.05) is 40.1 Å². The molecule has 5 heteroatoms. The monoisotopic (exact) mass is 274 g/mol. The number of aliphatic imine (C=N–C) groups is 1. The lowest BCUT2D eigenvalue weighted by Crippen LogP contribution is -2.36. The summed E-state index contributed by atoms with van der Waals surface area (Å²) in [6.07, 6.45) is 0.495. The molecule has 1 aromatic carbocycles. The predicted octanol–water partition coefficient (Wildman–Crippen LogP) is 1.59. The van der Waals surface area contributed by atoms with Crippen LogP contribution in [0.2, 0.25) is 0 Å². The van der Waals surface area contributed by atoms with Gasteiger partial charge in [-0.05, 0) is 11.6 Å². The fourth-order valence-electron chi connectivity index (χ4n) is 2.54. The number of carbonyl (C=O) groups is 1. The van der Waals surface area contributed by atoms with E-state index in [1.54, 1.807) is 0 Å². The third-order valence-corrected chi connectivity index (χ3v) is 3.36. The smallest absolute Gasteiger partial charge is 0.225 e. The van der Waals surface area contributed by atoms with Crippen molar-refractivity contribution >= 4 is 17.6 Å². The molecule has 2 rings (SSSR count). The summed E-state index contributed by atoms with van der Waals surface area (Å²) in [5.74, 6) is 1.13. The lowest BCUT2D eigenvalue weighted by molar-refractivity contribution is -0.116. The Morgan fingerprint density at radius 3 is 2.55 bits per heavy atom. The first kappa shape index (κ1) is 14.4. The van der Waals surface area contributed by atoms with Crippen LogP contribution in [-0.2, 0) is 4.79 Å². The van der Waals surface area contributed by atoms with Crippen LogP contribution in [0.15, 0.2) is 29.3 Å². The van der Waals surface area contributed by atoms with Gasteiger partial charge in [0.1, 0.15) is 0 Å². The van der Waals surface area contributed by atoms with Gasteiger partial charge in [0.25, 0.3) is 0 Å². The van der Waals surface area contributed by atoms with Gasteiger partial charge in [-0.2, -0.15) is 0 Å². The van der Waals surface area contributed by atoms with Crippen molar-refractivity contribution in [2.24, 2.45) is 4.99 Å². The van der Waals surface area contributed by atoms with Crippen molar-refractivity contribution in [1.82, 2.24) is 9.80 Å². The van der Waals surface area contributed by atoms with Gasteiger partial charge < -0.3 is 15.1 Å². The quantitative estimate of drug-likeness (QED) is 0.658. The van der Waals surface area contributed by atoms with Gasteiger partial charge in [-0.25, -0.2) is 0 Å². The summed E-state index contributed by atoms with van der Waals surface area (Å²) in [6.45, 7) is 0.621. The molecule has 1 N–H and O–H groups in total. The van der Waals surface area contributed by atoms with Crippen LogP contribution in [0.5, 0.6) is 0 Å². The predicted molar refractivity (Wildman–Crippen MR) is 82.1 cm³/mol. The highest BCUT2D eigenvalue weighted by Gasteiger charge is 2.24. The number of para-hydroxylation sites is 1. The zero-order valence-corrected chi connectivity index (χ0v) is 12.6. The van der Waals surface area contributed by atoms with Gasteiger partial charge in [0.2, 0.25) is 5.91 Å². The topological polar surface area (TPSA) is 47.9 Å². The van der Waals surface area contributed by atoms with Crippen molar-refractivity contribution in [3.05, 3.63) is 29.8 Å². The molecule has 0 aromatic heterocycles. The van der Waals surface area contributed by atoms with Crippen molar-refractivity contribution in [3.63, 3.8) is 0 Å². The highest BCUT2D eigenvalue weighted by atomic mass is 16.1. The van der Waals surface area contributed by atoms with Crippen molar-refractivity contribution < 1.29 is 4.79 Å². The number of carbonyl (C=O) groups excluding carboxylic acids is 1. The zero-order chi connectivity index (χ0) is 14.7.